The average Bonchev–Trinajstić information content (AvgIpc) is 2.84. The Morgan fingerprint density at radius 1 is 1.14 bits per heavy atom. The van der Waals surface area contributed by atoms with Crippen molar-refractivity contribution >= 4 is 27.9 Å². The maximum atomic E-state index is 13.5. The smallest absolute Gasteiger partial charge is 0.297 e. The van der Waals surface area contributed by atoms with Crippen molar-refractivity contribution in [2.45, 2.75) is 74.8 Å². The Kier molecular flexibility index (Phi) is 8.26. The summed E-state index contributed by atoms with van der Waals surface area (Å²) in [7, 11) is -4.36. The van der Waals surface area contributed by atoms with Crippen LogP contribution >= 0.6 is 0 Å². The van der Waals surface area contributed by atoms with E-state index in [1.54, 1.807) is 17.0 Å². The van der Waals surface area contributed by atoms with E-state index in [0.29, 0.717) is 12.8 Å². The minimum absolute atomic E-state index is 0.118. The van der Waals surface area contributed by atoms with Gasteiger partial charge in [0.2, 0.25) is 5.91 Å². The normalized spacial score (nSPS) is 20.1. The molecule has 1 unspecified atom stereocenters. The summed E-state index contributed by atoms with van der Waals surface area (Å²) in [6.07, 6.45) is 1.83. The number of rotatable bonds is 8. The molecule has 1 heterocycles. The largest absolute Gasteiger partial charge is 0.370 e. The van der Waals surface area contributed by atoms with Gasteiger partial charge < -0.3 is 21.7 Å². The second-order valence-electron chi connectivity index (χ2n) is 9.82. The molecule has 11 nitrogen and oxygen atoms in total. The lowest BCUT2D eigenvalue weighted by atomic mass is 9.70. The Bertz CT molecular complexity index is 1130. The van der Waals surface area contributed by atoms with Gasteiger partial charge in [0, 0.05) is 25.9 Å². The van der Waals surface area contributed by atoms with E-state index in [0.717, 1.165) is 24.8 Å². The van der Waals surface area contributed by atoms with Gasteiger partial charge in [-0.3, -0.25) is 19.2 Å². The average molecular weight is 519 g/mol. The third-order valence-electron chi connectivity index (χ3n) is 7.29. The minimum Gasteiger partial charge on any atom is -0.370 e. The number of guanidine groups is 1. The Morgan fingerprint density at radius 3 is 2.22 bits per heavy atom. The van der Waals surface area contributed by atoms with Gasteiger partial charge in [-0.05, 0) is 38.3 Å². The lowest BCUT2D eigenvalue weighted by molar-refractivity contribution is -0.136. The topological polar surface area (TPSA) is 192 Å². The van der Waals surface area contributed by atoms with Gasteiger partial charge in [-0.25, -0.2) is 0 Å². The van der Waals surface area contributed by atoms with Gasteiger partial charge >= 0.3 is 0 Å². The van der Waals surface area contributed by atoms with E-state index in [1.165, 1.54) is 12.1 Å². The number of hydrogen-bond donors (Lipinski definition) is 4. The third-order valence-corrected chi connectivity index (χ3v) is 8.62. The van der Waals surface area contributed by atoms with Crippen LogP contribution in [0.1, 0.15) is 56.9 Å². The van der Waals surface area contributed by atoms with Gasteiger partial charge in [-0.1, -0.05) is 37.0 Å². The fraction of sp³-hybridized carbons (Fsp3) is 0.583. The van der Waals surface area contributed by atoms with E-state index < -0.39 is 39.0 Å². The first-order chi connectivity index (χ1) is 16.9. The van der Waals surface area contributed by atoms with Crippen molar-refractivity contribution in [3.05, 3.63) is 29.8 Å². The van der Waals surface area contributed by atoms with E-state index in [9.17, 15) is 23.3 Å². The van der Waals surface area contributed by atoms with Crippen molar-refractivity contribution < 1.29 is 22.2 Å². The third kappa shape index (κ3) is 6.14. The highest BCUT2D eigenvalue weighted by atomic mass is 32.2. The molecule has 0 bridgehead atoms. The second-order valence-corrected chi connectivity index (χ2v) is 11.4. The first-order valence-corrected chi connectivity index (χ1v) is 13.4. The van der Waals surface area contributed by atoms with E-state index in [-0.39, 0.29) is 43.2 Å². The van der Waals surface area contributed by atoms with E-state index in [2.05, 4.69) is 11.4 Å². The van der Waals surface area contributed by atoms with Crippen LogP contribution in [0.3, 0.4) is 0 Å². The van der Waals surface area contributed by atoms with Crippen molar-refractivity contribution in [2.24, 2.45) is 16.9 Å². The maximum Gasteiger partial charge on any atom is 0.297 e. The Morgan fingerprint density at radius 2 is 1.72 bits per heavy atom. The Labute approximate surface area is 211 Å². The number of primary amides is 1. The molecule has 6 N–H and O–H groups in total. The lowest BCUT2D eigenvalue weighted by Crippen LogP contribution is -2.59. The van der Waals surface area contributed by atoms with Crippen molar-refractivity contribution in [1.29, 1.82) is 10.7 Å². The van der Waals surface area contributed by atoms with Crippen molar-refractivity contribution in [2.75, 3.05) is 13.1 Å². The Hall–Kier alpha value is -3.17. The van der Waals surface area contributed by atoms with E-state index in [1.807, 2.05) is 6.92 Å². The van der Waals surface area contributed by atoms with Crippen LogP contribution < -0.4 is 16.8 Å². The van der Waals surface area contributed by atoms with Crippen LogP contribution in [-0.2, 0) is 23.9 Å². The monoisotopic (exact) mass is 518 g/mol. The van der Waals surface area contributed by atoms with Crippen LogP contribution in [0.5, 0.6) is 0 Å². The zero-order chi connectivity index (χ0) is 26.6. The summed E-state index contributed by atoms with van der Waals surface area (Å²) in [4.78, 5) is 27.5. The molecule has 1 saturated heterocycles. The van der Waals surface area contributed by atoms with E-state index in [4.69, 9.17) is 21.1 Å². The number of nitriles is 1. The zero-order valence-corrected chi connectivity index (χ0v) is 21.3. The van der Waals surface area contributed by atoms with Gasteiger partial charge in [0.15, 0.2) is 12.1 Å². The van der Waals surface area contributed by atoms with Crippen LogP contribution in [0.4, 0.5) is 0 Å². The first kappa shape index (κ1) is 27.4. The number of benzene rings is 1. The molecule has 1 atom stereocenters. The number of nitrogens with zero attached hydrogens (tertiary/aromatic N) is 2. The first-order valence-electron chi connectivity index (χ1n) is 12.0. The van der Waals surface area contributed by atoms with Crippen LogP contribution in [0.2, 0.25) is 0 Å². The number of piperidine rings is 1. The summed E-state index contributed by atoms with van der Waals surface area (Å²) in [6.45, 7) is 2.37. The Balaban J connectivity index is 1.89. The zero-order valence-electron chi connectivity index (χ0n) is 20.5. The summed E-state index contributed by atoms with van der Waals surface area (Å²) in [5, 5.41) is 20.2. The number of aryl methyl sites for hydroxylation is 1. The summed E-state index contributed by atoms with van der Waals surface area (Å²) in [5.74, 6) is -1.52. The van der Waals surface area contributed by atoms with Crippen LogP contribution in [-0.4, -0.2) is 55.8 Å². The van der Waals surface area contributed by atoms with Crippen LogP contribution in [0.15, 0.2) is 29.2 Å². The molecule has 12 heteroatoms. The lowest BCUT2D eigenvalue weighted by Gasteiger charge is -2.40. The molecular formula is C24H34N6O5S. The molecule has 2 aliphatic rings. The quantitative estimate of drug-likeness (QED) is 0.224. The number of nitrogens with one attached hydrogen (secondary N) is 2. The SMILES string of the molecule is Cc1ccc(S(=O)(=O)OC(CC2(C(N)=O)CCCCC2)C(=O)NC2(C#N)CCN(C(=N)N)CC2)cc1. The standard InChI is InChI=1S/C24H34N6O5S/c1-17-5-7-18(8-6-17)36(33,34)35-19(15-23(21(26)32)9-3-2-4-10-23)20(31)29-24(16-25)11-13-30(14-12-24)22(27)28/h5-8,19H,2-4,9-15H2,1H3,(H2,26,32)(H3,27,28)(H,29,31). The molecule has 0 aromatic heterocycles. The van der Waals surface area contributed by atoms with Gasteiger partial charge in [-0.15, -0.1) is 0 Å². The van der Waals surface area contributed by atoms with Gasteiger partial charge in [-0.2, -0.15) is 13.7 Å². The molecule has 2 fully saturated rings. The van der Waals surface area contributed by atoms with Gasteiger partial charge in [0.1, 0.15) is 5.54 Å². The molecule has 1 aromatic carbocycles. The molecule has 196 valence electrons. The predicted molar refractivity (Wildman–Crippen MR) is 132 cm³/mol. The molecule has 1 aliphatic heterocycles. The summed E-state index contributed by atoms with van der Waals surface area (Å²) >= 11 is 0. The minimum atomic E-state index is -4.36. The number of nitrogens with two attached hydrogens (primary N) is 2. The van der Waals surface area contributed by atoms with Crippen molar-refractivity contribution in [3.63, 3.8) is 0 Å². The van der Waals surface area contributed by atoms with Crippen molar-refractivity contribution in [1.82, 2.24) is 10.2 Å². The summed E-state index contributed by atoms with van der Waals surface area (Å²) in [6, 6.07) is 8.14. The molecule has 3 rings (SSSR count). The highest BCUT2D eigenvalue weighted by molar-refractivity contribution is 7.86. The van der Waals surface area contributed by atoms with E-state index >= 15 is 0 Å². The molecule has 1 aromatic rings. The fourth-order valence-corrected chi connectivity index (χ4v) is 5.97. The number of carbonyl (C=O) groups is 2. The highest BCUT2D eigenvalue weighted by Gasteiger charge is 2.45. The number of likely N-dealkylation sites (tertiary alicyclic amines) is 1. The summed E-state index contributed by atoms with van der Waals surface area (Å²) in [5.41, 5.74) is 9.78. The number of carbonyl (C=O) groups excluding carboxylic acids is 2. The highest BCUT2D eigenvalue weighted by Crippen LogP contribution is 2.41. The molecule has 0 spiro atoms. The molecule has 36 heavy (non-hydrogen) atoms. The molecule has 0 radical (unpaired) electrons. The molecular weight excluding hydrogens is 484 g/mol. The molecule has 2 amide bonds. The summed E-state index contributed by atoms with van der Waals surface area (Å²) < 4.78 is 31.7. The van der Waals surface area contributed by atoms with Crippen LogP contribution in [0, 0.1) is 29.1 Å². The molecule has 1 saturated carbocycles. The molecule has 1 aliphatic carbocycles. The number of amides is 2. The predicted octanol–water partition coefficient (Wildman–Crippen LogP) is 1.26. The fourth-order valence-electron chi connectivity index (χ4n) is 4.93. The number of hydrogen-bond acceptors (Lipinski definition) is 7. The van der Waals surface area contributed by atoms with Gasteiger partial charge in [0.25, 0.3) is 16.0 Å². The second kappa shape index (κ2) is 10.8. The van der Waals surface area contributed by atoms with Gasteiger partial charge in [0.05, 0.1) is 16.4 Å². The van der Waals surface area contributed by atoms with Crippen LogP contribution in [0.25, 0.3) is 0 Å². The maximum absolute atomic E-state index is 13.5. The van der Waals surface area contributed by atoms with Crippen molar-refractivity contribution in [3.8, 4) is 6.07 Å².